The van der Waals surface area contributed by atoms with Crippen molar-refractivity contribution in [2.24, 2.45) is 10.8 Å². The summed E-state index contributed by atoms with van der Waals surface area (Å²) in [6, 6.07) is 0. The van der Waals surface area contributed by atoms with E-state index in [1.54, 1.807) is 20.8 Å². The lowest BCUT2D eigenvalue weighted by Crippen LogP contribution is -2.60. The van der Waals surface area contributed by atoms with Gasteiger partial charge in [-0.15, -0.1) is 0 Å². The van der Waals surface area contributed by atoms with Crippen LogP contribution in [0.1, 0.15) is 34.6 Å². The van der Waals surface area contributed by atoms with Crippen molar-refractivity contribution in [2.45, 2.75) is 53.1 Å². The van der Waals surface area contributed by atoms with Gasteiger partial charge in [0.1, 0.15) is 0 Å². The summed E-state index contributed by atoms with van der Waals surface area (Å²) in [5, 5.41) is 10.3. The molecule has 0 aromatic rings. The minimum absolute atomic E-state index is 0.373. The number of rotatable bonds is 2. The van der Waals surface area contributed by atoms with Gasteiger partial charge in [-0.2, -0.15) is 0 Å². The lowest BCUT2D eigenvalue weighted by atomic mass is 9.67. The van der Waals surface area contributed by atoms with Gasteiger partial charge >= 0.3 is 7.82 Å². The molecule has 1 aliphatic heterocycles. The quantitative estimate of drug-likeness (QED) is 0.652. The van der Waals surface area contributed by atoms with Gasteiger partial charge in [-0.05, 0) is 6.92 Å². The van der Waals surface area contributed by atoms with Crippen molar-refractivity contribution in [1.29, 1.82) is 0 Å². The van der Waals surface area contributed by atoms with Crippen LogP contribution in [0, 0.1) is 10.8 Å². The van der Waals surface area contributed by atoms with Crippen LogP contribution in [0.15, 0.2) is 0 Å². The smallest absolute Gasteiger partial charge is 0.392 e. The molecule has 1 aliphatic rings. The highest BCUT2D eigenvalue weighted by atomic mass is 31.2. The SMILES string of the molecule is CC1O[C@@H](OP(=O)(O)O)C(C)(C)[C@H](O)C1(C)C. The van der Waals surface area contributed by atoms with Gasteiger partial charge in [0.2, 0.25) is 0 Å². The Bertz CT molecular complexity index is 334. The maximum atomic E-state index is 10.9. The molecule has 3 N–H and O–H groups in total. The maximum absolute atomic E-state index is 10.9. The molecule has 102 valence electrons. The molecule has 0 aliphatic carbocycles. The van der Waals surface area contributed by atoms with E-state index < -0.39 is 31.0 Å². The number of hydrogen-bond acceptors (Lipinski definition) is 4. The molecule has 0 spiro atoms. The highest BCUT2D eigenvalue weighted by Gasteiger charge is 2.55. The van der Waals surface area contributed by atoms with E-state index in [4.69, 9.17) is 14.5 Å². The van der Waals surface area contributed by atoms with Crippen LogP contribution in [-0.4, -0.2) is 33.4 Å². The Kier molecular flexibility index (Phi) is 3.81. The van der Waals surface area contributed by atoms with E-state index in [1.165, 1.54) is 0 Å². The third-order valence-corrected chi connectivity index (χ3v) is 4.09. The van der Waals surface area contributed by atoms with Crippen LogP contribution in [0.25, 0.3) is 0 Å². The first-order valence-electron chi connectivity index (χ1n) is 5.46. The summed E-state index contributed by atoms with van der Waals surface area (Å²) in [7, 11) is -4.65. The van der Waals surface area contributed by atoms with Crippen LogP contribution in [0.2, 0.25) is 0 Å². The zero-order chi connectivity index (χ0) is 13.6. The Hall–Kier alpha value is 0.0300. The topological polar surface area (TPSA) is 96.2 Å². The second-order valence-electron chi connectivity index (χ2n) is 5.75. The predicted molar refractivity (Wildman–Crippen MR) is 61.0 cm³/mol. The fourth-order valence-corrected chi connectivity index (χ4v) is 2.70. The van der Waals surface area contributed by atoms with Crippen molar-refractivity contribution in [1.82, 2.24) is 0 Å². The molecule has 17 heavy (non-hydrogen) atoms. The van der Waals surface area contributed by atoms with Gasteiger partial charge in [-0.25, -0.2) is 4.57 Å². The van der Waals surface area contributed by atoms with Crippen LogP contribution < -0.4 is 0 Å². The molecule has 1 fully saturated rings. The third-order valence-electron chi connectivity index (χ3n) is 3.63. The predicted octanol–water partition coefficient (Wildman–Crippen LogP) is 1.25. The van der Waals surface area contributed by atoms with Crippen molar-refractivity contribution < 1.29 is 28.7 Å². The highest BCUT2D eigenvalue weighted by molar-refractivity contribution is 7.46. The molecule has 1 saturated heterocycles. The van der Waals surface area contributed by atoms with Gasteiger partial charge in [0.05, 0.1) is 12.2 Å². The second-order valence-corrected chi connectivity index (χ2v) is 6.94. The molecule has 0 saturated carbocycles. The van der Waals surface area contributed by atoms with Gasteiger partial charge in [0, 0.05) is 10.8 Å². The average Bonchev–Trinajstić information content (AvgIpc) is 2.11. The number of aliphatic hydroxyl groups excluding tert-OH is 1. The number of hydrogen-bond donors (Lipinski definition) is 3. The number of phosphoric acid groups is 1. The molecule has 1 unspecified atom stereocenters. The Balaban J connectivity index is 3.00. The third kappa shape index (κ3) is 2.89. The van der Waals surface area contributed by atoms with Gasteiger partial charge < -0.3 is 19.6 Å². The van der Waals surface area contributed by atoms with Crippen molar-refractivity contribution in [3.8, 4) is 0 Å². The van der Waals surface area contributed by atoms with Crippen LogP contribution in [0.3, 0.4) is 0 Å². The number of phosphoric ester groups is 1. The fourth-order valence-electron chi connectivity index (χ4n) is 2.13. The fraction of sp³-hybridized carbons (Fsp3) is 1.00. The van der Waals surface area contributed by atoms with Crippen molar-refractivity contribution in [3.05, 3.63) is 0 Å². The largest absolute Gasteiger partial charge is 0.471 e. The van der Waals surface area contributed by atoms with E-state index in [0.29, 0.717) is 0 Å². The molecule has 0 amide bonds. The Morgan fingerprint density at radius 2 is 1.65 bits per heavy atom. The molecule has 1 rings (SSSR count). The summed E-state index contributed by atoms with van der Waals surface area (Å²) in [5.74, 6) is 0. The Morgan fingerprint density at radius 1 is 1.18 bits per heavy atom. The molecule has 7 heteroatoms. The lowest BCUT2D eigenvalue weighted by Gasteiger charge is -2.52. The van der Waals surface area contributed by atoms with Gasteiger partial charge in [-0.3, -0.25) is 4.52 Å². The first-order valence-corrected chi connectivity index (χ1v) is 6.99. The second kappa shape index (κ2) is 4.30. The molecule has 1 heterocycles. The minimum atomic E-state index is -4.65. The first kappa shape index (κ1) is 15.1. The van der Waals surface area contributed by atoms with Crippen molar-refractivity contribution in [3.63, 3.8) is 0 Å². The summed E-state index contributed by atoms with van der Waals surface area (Å²) >= 11 is 0. The summed E-state index contributed by atoms with van der Waals surface area (Å²) < 4.78 is 21.0. The summed E-state index contributed by atoms with van der Waals surface area (Å²) in [6.07, 6.45) is -2.31. The van der Waals surface area contributed by atoms with Crippen molar-refractivity contribution >= 4 is 7.82 Å². The average molecular weight is 268 g/mol. The standard InChI is InChI=1S/C10H21O6P/c1-6-9(2,3)7(11)10(4,5)8(15-6)16-17(12,13)14/h6-8,11H,1-5H3,(H2,12,13,14)/t6?,7-,8+/m1/s1. The normalized spacial score (nSPS) is 36.8. The van der Waals surface area contributed by atoms with Crippen LogP contribution >= 0.6 is 7.82 Å². The first-order chi connectivity index (χ1) is 7.39. The zero-order valence-electron chi connectivity index (χ0n) is 10.7. The number of aliphatic hydroxyl groups is 1. The summed E-state index contributed by atoms with van der Waals surface area (Å²) in [5.41, 5.74) is -1.42. The molecule has 0 bridgehead atoms. The molecule has 6 nitrogen and oxygen atoms in total. The number of ether oxygens (including phenoxy) is 1. The van der Waals surface area contributed by atoms with E-state index in [1.807, 2.05) is 13.8 Å². The zero-order valence-corrected chi connectivity index (χ0v) is 11.6. The highest BCUT2D eigenvalue weighted by Crippen LogP contribution is 2.51. The van der Waals surface area contributed by atoms with E-state index in [0.717, 1.165) is 0 Å². The van der Waals surface area contributed by atoms with E-state index in [-0.39, 0.29) is 6.10 Å². The molecule has 3 atom stereocenters. The van der Waals surface area contributed by atoms with E-state index in [2.05, 4.69) is 4.52 Å². The Morgan fingerprint density at radius 3 is 2.06 bits per heavy atom. The van der Waals surface area contributed by atoms with E-state index >= 15 is 0 Å². The summed E-state index contributed by atoms with van der Waals surface area (Å²) in [4.78, 5) is 17.7. The minimum Gasteiger partial charge on any atom is -0.392 e. The van der Waals surface area contributed by atoms with E-state index in [9.17, 15) is 9.67 Å². The molecule has 0 radical (unpaired) electrons. The van der Waals surface area contributed by atoms with Gasteiger partial charge in [-0.1, -0.05) is 27.7 Å². The molecular formula is C10H21O6P. The molecular weight excluding hydrogens is 247 g/mol. The van der Waals surface area contributed by atoms with Crippen LogP contribution in [0.5, 0.6) is 0 Å². The van der Waals surface area contributed by atoms with Crippen LogP contribution in [-0.2, 0) is 13.8 Å². The van der Waals surface area contributed by atoms with Gasteiger partial charge in [0.25, 0.3) is 0 Å². The van der Waals surface area contributed by atoms with Crippen LogP contribution in [0.4, 0.5) is 0 Å². The Labute approximate surface area is 101 Å². The molecule has 0 aromatic carbocycles. The lowest BCUT2D eigenvalue weighted by molar-refractivity contribution is -0.291. The molecule has 0 aromatic heterocycles. The van der Waals surface area contributed by atoms with Gasteiger partial charge in [0.15, 0.2) is 6.29 Å². The monoisotopic (exact) mass is 268 g/mol. The maximum Gasteiger partial charge on any atom is 0.471 e. The van der Waals surface area contributed by atoms with Crippen molar-refractivity contribution in [2.75, 3.05) is 0 Å². The summed E-state index contributed by atoms with van der Waals surface area (Å²) in [6.45, 7) is 8.75.